The van der Waals surface area contributed by atoms with Gasteiger partial charge in [0, 0.05) is 18.7 Å². The quantitative estimate of drug-likeness (QED) is 0.529. The fraction of sp³-hybridized carbons (Fsp3) is 0.400. The van der Waals surface area contributed by atoms with Crippen LogP contribution in [-0.2, 0) is 32.8 Å². The lowest BCUT2D eigenvalue weighted by Gasteiger charge is -2.30. The molecule has 2 aromatic rings. The van der Waals surface area contributed by atoms with Crippen molar-refractivity contribution in [2.45, 2.75) is 66.3 Å². The molecule has 2 atom stereocenters. The molecule has 0 spiro atoms. The summed E-state index contributed by atoms with van der Waals surface area (Å²) < 4.78 is 11.4. The molecule has 1 amide bonds. The van der Waals surface area contributed by atoms with Gasteiger partial charge in [-0.25, -0.2) is 0 Å². The molecule has 38 heavy (non-hydrogen) atoms. The number of aromatic hydroxyl groups is 1. The first-order valence-corrected chi connectivity index (χ1v) is 12.7. The molecule has 2 aromatic carbocycles. The third-order valence-corrected chi connectivity index (χ3v) is 7.84. The second kappa shape index (κ2) is 9.74. The fourth-order valence-electron chi connectivity index (χ4n) is 5.67. The first kappa shape index (κ1) is 27.1. The van der Waals surface area contributed by atoms with Gasteiger partial charge in [-0.2, -0.15) is 0 Å². The van der Waals surface area contributed by atoms with Crippen LogP contribution in [0.15, 0.2) is 24.0 Å². The summed E-state index contributed by atoms with van der Waals surface area (Å²) in [6.07, 6.45) is 2.94. The second-order valence-electron chi connectivity index (χ2n) is 10.2. The van der Waals surface area contributed by atoms with Crippen LogP contribution in [0.2, 0.25) is 0 Å². The SMILES string of the molecule is CCCc1c(C)cc(C)c(C)c1CNC(=O)c1c(OC)cc(O)c2c1OC1=CC(=O)C(C(C)=O)C(=O)[C@]12C. The number of nitrogens with one attached hydrogen (secondary N) is 1. The number of rotatable bonds is 7. The number of ether oxygens (including phenoxy) is 2. The minimum Gasteiger partial charge on any atom is -0.507 e. The average Bonchev–Trinajstić information content (AvgIpc) is 3.15. The summed E-state index contributed by atoms with van der Waals surface area (Å²) in [5.41, 5.74) is 4.05. The number of aryl methyl sites for hydroxylation is 2. The van der Waals surface area contributed by atoms with Crippen molar-refractivity contribution in [3.8, 4) is 17.2 Å². The maximum absolute atomic E-state index is 13.7. The van der Waals surface area contributed by atoms with Crippen LogP contribution in [0.4, 0.5) is 0 Å². The number of amides is 1. The third-order valence-electron chi connectivity index (χ3n) is 7.84. The van der Waals surface area contributed by atoms with Gasteiger partial charge >= 0.3 is 0 Å². The lowest BCUT2D eigenvalue weighted by molar-refractivity contribution is -0.140. The van der Waals surface area contributed by atoms with Crippen LogP contribution in [0.25, 0.3) is 0 Å². The molecule has 4 rings (SSSR count). The van der Waals surface area contributed by atoms with E-state index in [9.17, 15) is 24.3 Å². The van der Waals surface area contributed by atoms with Crippen molar-refractivity contribution >= 4 is 23.3 Å². The summed E-state index contributed by atoms with van der Waals surface area (Å²) in [6, 6.07) is 3.40. The molecule has 0 saturated heterocycles. The molecule has 200 valence electrons. The van der Waals surface area contributed by atoms with E-state index < -0.39 is 34.6 Å². The molecule has 0 aromatic heterocycles. The summed E-state index contributed by atoms with van der Waals surface area (Å²) in [6.45, 7) is 11.2. The number of phenolic OH excluding ortho intramolecular Hbond substituents is 1. The number of carbonyl (C=O) groups excluding carboxylic acids is 4. The van der Waals surface area contributed by atoms with Gasteiger partial charge in [0.25, 0.3) is 5.91 Å². The van der Waals surface area contributed by atoms with Gasteiger partial charge in [0.15, 0.2) is 17.3 Å². The highest BCUT2D eigenvalue weighted by molar-refractivity contribution is 6.27. The first-order chi connectivity index (χ1) is 17.9. The average molecular weight is 520 g/mol. The molecular formula is C30H33NO7. The number of hydrogen-bond acceptors (Lipinski definition) is 7. The van der Waals surface area contributed by atoms with Crippen molar-refractivity contribution in [2.24, 2.45) is 5.92 Å². The van der Waals surface area contributed by atoms with Gasteiger partial charge in [0.1, 0.15) is 39.9 Å². The lowest BCUT2D eigenvalue weighted by Crippen LogP contribution is -2.47. The van der Waals surface area contributed by atoms with E-state index in [1.54, 1.807) is 0 Å². The number of hydrogen-bond donors (Lipinski definition) is 2. The number of phenols is 1. The van der Waals surface area contributed by atoms with Gasteiger partial charge in [0.2, 0.25) is 0 Å². The molecular weight excluding hydrogens is 486 g/mol. The zero-order valence-electron chi connectivity index (χ0n) is 22.8. The Balaban J connectivity index is 1.80. The van der Waals surface area contributed by atoms with Crippen LogP contribution in [-0.4, -0.2) is 35.5 Å². The van der Waals surface area contributed by atoms with Gasteiger partial charge in [-0.15, -0.1) is 0 Å². The van der Waals surface area contributed by atoms with Crippen molar-refractivity contribution in [1.29, 1.82) is 0 Å². The maximum Gasteiger partial charge on any atom is 0.259 e. The van der Waals surface area contributed by atoms with Crippen LogP contribution in [0, 0.1) is 26.7 Å². The summed E-state index contributed by atoms with van der Waals surface area (Å²) in [4.78, 5) is 51.8. The molecule has 1 unspecified atom stereocenters. The van der Waals surface area contributed by atoms with E-state index in [1.165, 1.54) is 32.6 Å². The minimum atomic E-state index is -1.61. The highest BCUT2D eigenvalue weighted by Gasteiger charge is 2.58. The summed E-state index contributed by atoms with van der Waals surface area (Å²) in [5, 5.41) is 13.9. The molecule has 1 heterocycles. The normalized spacial score (nSPS) is 19.9. The van der Waals surface area contributed by atoms with Crippen LogP contribution >= 0.6 is 0 Å². The Morgan fingerprint density at radius 1 is 1.13 bits per heavy atom. The van der Waals surface area contributed by atoms with E-state index in [0.29, 0.717) is 0 Å². The van der Waals surface area contributed by atoms with E-state index in [1.807, 2.05) is 13.8 Å². The number of methoxy groups -OCH3 is 1. The Labute approximate surface area is 222 Å². The zero-order chi connectivity index (χ0) is 28.1. The topological polar surface area (TPSA) is 119 Å². The van der Waals surface area contributed by atoms with Gasteiger partial charge in [-0.3, -0.25) is 19.2 Å². The van der Waals surface area contributed by atoms with E-state index in [0.717, 1.165) is 41.2 Å². The Kier molecular flexibility index (Phi) is 6.95. The molecule has 0 fully saturated rings. The molecule has 8 nitrogen and oxygen atoms in total. The molecule has 8 heteroatoms. The van der Waals surface area contributed by atoms with E-state index in [2.05, 4.69) is 25.2 Å². The van der Waals surface area contributed by atoms with Gasteiger partial charge in [-0.1, -0.05) is 19.4 Å². The van der Waals surface area contributed by atoms with Crippen LogP contribution in [0.5, 0.6) is 17.2 Å². The van der Waals surface area contributed by atoms with Crippen LogP contribution in [0.1, 0.15) is 70.9 Å². The Morgan fingerprint density at radius 3 is 2.42 bits per heavy atom. The number of fused-ring (bicyclic) bond motifs is 3. The number of ketones is 3. The monoisotopic (exact) mass is 519 g/mol. The molecule has 1 aliphatic carbocycles. The van der Waals surface area contributed by atoms with Crippen LogP contribution in [0.3, 0.4) is 0 Å². The number of allylic oxidation sites excluding steroid dienone is 2. The number of Topliss-reactive ketones (excluding diaryl/α,β-unsaturated/α-hetero) is 2. The van der Waals surface area contributed by atoms with Gasteiger partial charge in [0.05, 0.1) is 12.7 Å². The van der Waals surface area contributed by atoms with E-state index in [-0.39, 0.29) is 40.7 Å². The molecule has 1 aliphatic heterocycles. The minimum absolute atomic E-state index is 0.00415. The van der Waals surface area contributed by atoms with E-state index in [4.69, 9.17) is 9.47 Å². The number of benzene rings is 2. The third kappa shape index (κ3) is 3.99. The van der Waals surface area contributed by atoms with Crippen molar-refractivity contribution in [3.05, 3.63) is 62.9 Å². The molecule has 0 saturated carbocycles. The van der Waals surface area contributed by atoms with Crippen molar-refractivity contribution in [3.63, 3.8) is 0 Å². The smallest absolute Gasteiger partial charge is 0.259 e. The number of carbonyl (C=O) groups is 4. The Morgan fingerprint density at radius 2 is 1.82 bits per heavy atom. The fourth-order valence-corrected chi connectivity index (χ4v) is 5.67. The van der Waals surface area contributed by atoms with Crippen molar-refractivity contribution in [1.82, 2.24) is 5.32 Å². The Hall–Kier alpha value is -3.94. The van der Waals surface area contributed by atoms with Crippen molar-refractivity contribution in [2.75, 3.05) is 7.11 Å². The predicted octanol–water partition coefficient (Wildman–Crippen LogP) is 4.10. The largest absolute Gasteiger partial charge is 0.507 e. The molecule has 2 aliphatic rings. The van der Waals surface area contributed by atoms with Crippen molar-refractivity contribution < 1.29 is 33.8 Å². The predicted molar refractivity (Wildman–Crippen MR) is 141 cm³/mol. The maximum atomic E-state index is 13.7. The van der Waals surface area contributed by atoms with Gasteiger partial charge in [-0.05, 0) is 68.9 Å². The van der Waals surface area contributed by atoms with Gasteiger partial charge < -0.3 is 19.9 Å². The van der Waals surface area contributed by atoms with Crippen LogP contribution < -0.4 is 14.8 Å². The Bertz CT molecular complexity index is 1440. The molecule has 2 N–H and O–H groups in total. The molecule has 0 bridgehead atoms. The molecule has 0 radical (unpaired) electrons. The first-order valence-electron chi connectivity index (χ1n) is 12.7. The zero-order valence-corrected chi connectivity index (χ0v) is 22.8. The summed E-state index contributed by atoms with van der Waals surface area (Å²) >= 11 is 0. The highest BCUT2D eigenvalue weighted by atomic mass is 16.5. The second-order valence-corrected chi connectivity index (χ2v) is 10.2. The summed E-state index contributed by atoms with van der Waals surface area (Å²) in [7, 11) is 1.36. The lowest BCUT2D eigenvalue weighted by atomic mass is 9.67. The summed E-state index contributed by atoms with van der Waals surface area (Å²) in [5.74, 6) is -4.39. The standard InChI is InChI=1S/C30H33NO7/c1-8-9-18-15(3)10-14(2)16(4)19(18)13-31-29(36)25-22(37-7)11-21(34)26-27(25)38-23-12-20(33)24(17(5)32)28(35)30(23,26)6/h10-12,24,34H,8-9,13H2,1-7H3,(H,31,36)/t24?,30-/m1/s1. The highest BCUT2D eigenvalue weighted by Crippen LogP contribution is 2.56. The van der Waals surface area contributed by atoms with E-state index >= 15 is 0 Å².